The van der Waals surface area contributed by atoms with E-state index in [0.29, 0.717) is 25.1 Å². The normalized spacial score (nSPS) is 22.7. The predicted octanol–water partition coefficient (Wildman–Crippen LogP) is 2.07. The summed E-state index contributed by atoms with van der Waals surface area (Å²) in [5, 5.41) is 9.85. The van der Waals surface area contributed by atoms with Crippen LogP contribution in [0.4, 0.5) is 4.39 Å². The molecule has 1 aromatic rings. The van der Waals surface area contributed by atoms with E-state index < -0.39 is 5.82 Å². The van der Waals surface area contributed by atoms with Crippen LogP contribution in [0.1, 0.15) is 30.1 Å². The highest BCUT2D eigenvalue weighted by molar-refractivity contribution is 5.94. The molecule has 2 unspecified atom stereocenters. The number of hydrogen-bond donors (Lipinski definition) is 1. The van der Waals surface area contributed by atoms with Crippen LogP contribution in [0.25, 0.3) is 0 Å². The minimum Gasteiger partial charge on any atom is -0.494 e. The predicted molar refractivity (Wildman–Crippen MR) is 73.3 cm³/mol. The molecule has 1 heterocycles. The van der Waals surface area contributed by atoms with Crippen molar-refractivity contribution in [2.75, 3.05) is 20.2 Å². The number of aliphatic hydroxyl groups excluding tert-OH is 1. The molecule has 1 saturated heterocycles. The smallest absolute Gasteiger partial charge is 0.254 e. The second kappa shape index (κ2) is 6.22. The molecule has 4 nitrogen and oxygen atoms in total. The van der Waals surface area contributed by atoms with Crippen molar-refractivity contribution in [2.45, 2.75) is 25.9 Å². The first-order valence-corrected chi connectivity index (χ1v) is 6.87. The molecule has 1 amide bonds. The average Bonchev–Trinajstić information content (AvgIpc) is 2.47. The van der Waals surface area contributed by atoms with Crippen LogP contribution in [0.3, 0.4) is 0 Å². The Bertz CT molecular complexity index is 492. The van der Waals surface area contributed by atoms with Gasteiger partial charge in [-0.15, -0.1) is 0 Å². The first-order chi connectivity index (χ1) is 9.56. The summed E-state index contributed by atoms with van der Waals surface area (Å²) in [4.78, 5) is 14.1. The summed E-state index contributed by atoms with van der Waals surface area (Å²) in [6, 6.07) is 4.12. The van der Waals surface area contributed by atoms with Crippen molar-refractivity contribution in [3.8, 4) is 5.75 Å². The minimum atomic E-state index is -0.482. The topological polar surface area (TPSA) is 49.8 Å². The molecule has 0 spiro atoms. The van der Waals surface area contributed by atoms with Crippen molar-refractivity contribution in [3.05, 3.63) is 29.6 Å². The Kier molecular flexibility index (Phi) is 4.60. The molecular weight excluding hydrogens is 261 g/mol. The lowest BCUT2D eigenvalue weighted by atomic mass is 9.92. The van der Waals surface area contributed by atoms with Gasteiger partial charge in [0.1, 0.15) is 0 Å². The maximum Gasteiger partial charge on any atom is 0.254 e. The van der Waals surface area contributed by atoms with Crippen molar-refractivity contribution in [1.82, 2.24) is 4.90 Å². The summed E-state index contributed by atoms with van der Waals surface area (Å²) in [5.74, 6) is -0.451. The monoisotopic (exact) mass is 281 g/mol. The Labute approximate surface area is 118 Å². The van der Waals surface area contributed by atoms with E-state index in [1.807, 2.05) is 6.92 Å². The number of piperidine rings is 1. The number of aliphatic hydroxyl groups is 1. The van der Waals surface area contributed by atoms with Crippen LogP contribution in [0.2, 0.25) is 0 Å². The molecule has 20 heavy (non-hydrogen) atoms. The van der Waals surface area contributed by atoms with Gasteiger partial charge in [-0.1, -0.05) is 6.92 Å². The molecule has 2 atom stereocenters. The number of benzene rings is 1. The molecular formula is C15H20FNO3. The molecule has 5 heteroatoms. The van der Waals surface area contributed by atoms with E-state index in [2.05, 4.69) is 0 Å². The van der Waals surface area contributed by atoms with Crippen molar-refractivity contribution < 1.29 is 19.0 Å². The number of hydrogen-bond acceptors (Lipinski definition) is 3. The number of amides is 1. The van der Waals surface area contributed by atoms with Crippen LogP contribution in [0.5, 0.6) is 5.75 Å². The molecule has 0 bridgehead atoms. The van der Waals surface area contributed by atoms with E-state index in [-0.39, 0.29) is 23.7 Å². The van der Waals surface area contributed by atoms with Crippen molar-refractivity contribution in [3.63, 3.8) is 0 Å². The van der Waals surface area contributed by atoms with Crippen LogP contribution in [0, 0.1) is 11.7 Å². The fourth-order valence-corrected chi connectivity index (χ4v) is 2.58. The lowest BCUT2D eigenvalue weighted by Crippen LogP contribution is -2.45. The third kappa shape index (κ3) is 2.93. The number of rotatable bonds is 3. The highest BCUT2D eigenvalue weighted by Crippen LogP contribution is 2.24. The maximum atomic E-state index is 13.4. The van der Waals surface area contributed by atoms with E-state index in [1.165, 1.54) is 25.3 Å². The SMILES string of the molecule is CCC1CN(C(=O)c2ccc(F)c(OC)c2)CCC1O. The van der Waals surface area contributed by atoms with Gasteiger partial charge in [-0.05, 0) is 31.0 Å². The quantitative estimate of drug-likeness (QED) is 0.922. The van der Waals surface area contributed by atoms with Crippen LogP contribution in [0.15, 0.2) is 18.2 Å². The molecule has 1 aliphatic rings. The largest absolute Gasteiger partial charge is 0.494 e. The van der Waals surface area contributed by atoms with Gasteiger partial charge in [-0.2, -0.15) is 0 Å². The summed E-state index contributed by atoms with van der Waals surface area (Å²) in [6.45, 7) is 3.06. The third-order valence-corrected chi connectivity index (χ3v) is 3.90. The zero-order valence-electron chi connectivity index (χ0n) is 11.8. The van der Waals surface area contributed by atoms with E-state index in [1.54, 1.807) is 4.90 Å². The number of methoxy groups -OCH3 is 1. The van der Waals surface area contributed by atoms with Gasteiger partial charge in [0.05, 0.1) is 13.2 Å². The number of nitrogens with zero attached hydrogens (tertiary/aromatic N) is 1. The molecule has 110 valence electrons. The van der Waals surface area contributed by atoms with Crippen LogP contribution >= 0.6 is 0 Å². The van der Waals surface area contributed by atoms with E-state index >= 15 is 0 Å². The van der Waals surface area contributed by atoms with Crippen molar-refractivity contribution in [1.29, 1.82) is 0 Å². The second-order valence-corrected chi connectivity index (χ2v) is 5.12. The first-order valence-electron chi connectivity index (χ1n) is 6.87. The summed E-state index contributed by atoms with van der Waals surface area (Å²) >= 11 is 0. The van der Waals surface area contributed by atoms with Gasteiger partial charge in [0, 0.05) is 24.6 Å². The Balaban J connectivity index is 2.15. The van der Waals surface area contributed by atoms with Gasteiger partial charge in [-0.3, -0.25) is 4.79 Å². The molecule has 1 aromatic carbocycles. The highest BCUT2D eigenvalue weighted by Gasteiger charge is 2.29. The Morgan fingerprint density at radius 2 is 2.30 bits per heavy atom. The van der Waals surface area contributed by atoms with Crippen molar-refractivity contribution in [2.24, 2.45) is 5.92 Å². The van der Waals surface area contributed by atoms with Gasteiger partial charge in [-0.25, -0.2) is 4.39 Å². The van der Waals surface area contributed by atoms with E-state index in [9.17, 15) is 14.3 Å². The van der Waals surface area contributed by atoms with Crippen LogP contribution in [-0.2, 0) is 0 Å². The molecule has 2 rings (SSSR count). The summed E-state index contributed by atoms with van der Waals surface area (Å²) in [7, 11) is 1.37. The van der Waals surface area contributed by atoms with Gasteiger partial charge >= 0.3 is 0 Å². The standard InChI is InChI=1S/C15H20FNO3/c1-3-10-9-17(7-6-13(10)18)15(19)11-4-5-12(16)14(8-11)20-2/h4-5,8,10,13,18H,3,6-7,9H2,1-2H3. The molecule has 0 radical (unpaired) electrons. The van der Waals surface area contributed by atoms with Gasteiger partial charge in [0.25, 0.3) is 5.91 Å². The van der Waals surface area contributed by atoms with Crippen LogP contribution < -0.4 is 4.74 Å². The zero-order valence-corrected chi connectivity index (χ0v) is 11.8. The summed E-state index contributed by atoms with van der Waals surface area (Å²) in [5.41, 5.74) is 0.412. The lowest BCUT2D eigenvalue weighted by molar-refractivity contribution is 0.0229. The molecule has 0 aromatic heterocycles. The van der Waals surface area contributed by atoms with E-state index in [4.69, 9.17) is 4.74 Å². The molecule has 0 aliphatic carbocycles. The minimum absolute atomic E-state index is 0.0694. The maximum absolute atomic E-state index is 13.4. The van der Waals surface area contributed by atoms with Gasteiger partial charge < -0.3 is 14.7 Å². The third-order valence-electron chi connectivity index (χ3n) is 3.90. The Morgan fingerprint density at radius 1 is 1.55 bits per heavy atom. The molecule has 0 saturated carbocycles. The van der Waals surface area contributed by atoms with Gasteiger partial charge in [0.2, 0.25) is 0 Å². The molecule has 1 fully saturated rings. The number of likely N-dealkylation sites (tertiary alicyclic amines) is 1. The molecule has 1 N–H and O–H groups in total. The highest BCUT2D eigenvalue weighted by atomic mass is 19.1. The summed E-state index contributed by atoms with van der Waals surface area (Å²) in [6.07, 6.45) is 1.08. The number of carbonyl (C=O) groups is 1. The number of halogens is 1. The van der Waals surface area contributed by atoms with Crippen molar-refractivity contribution >= 4 is 5.91 Å². The van der Waals surface area contributed by atoms with Crippen LogP contribution in [-0.4, -0.2) is 42.2 Å². The average molecular weight is 281 g/mol. The Hall–Kier alpha value is -1.62. The van der Waals surface area contributed by atoms with E-state index in [0.717, 1.165) is 6.42 Å². The van der Waals surface area contributed by atoms with Gasteiger partial charge in [0.15, 0.2) is 11.6 Å². The molecule has 1 aliphatic heterocycles. The Morgan fingerprint density at radius 3 is 2.95 bits per heavy atom. The fraction of sp³-hybridized carbons (Fsp3) is 0.533. The lowest BCUT2D eigenvalue weighted by Gasteiger charge is -2.35. The summed E-state index contributed by atoms with van der Waals surface area (Å²) < 4.78 is 18.3. The number of carbonyl (C=O) groups excluding carboxylic acids is 1. The number of ether oxygens (including phenoxy) is 1. The zero-order chi connectivity index (χ0) is 14.7. The first kappa shape index (κ1) is 14.8. The second-order valence-electron chi connectivity index (χ2n) is 5.12. The fourth-order valence-electron chi connectivity index (χ4n) is 2.58.